The SMILES string of the molecule is CC(C)(C)c1cccc2ccoc12. The van der Waals surface area contributed by atoms with Gasteiger partial charge in [0, 0.05) is 10.9 Å². The van der Waals surface area contributed by atoms with Gasteiger partial charge in [-0.25, -0.2) is 0 Å². The normalized spacial score (nSPS) is 12.2. The third-order valence-corrected chi connectivity index (χ3v) is 2.29. The van der Waals surface area contributed by atoms with Crippen LogP contribution in [0.2, 0.25) is 0 Å². The van der Waals surface area contributed by atoms with Gasteiger partial charge in [0.15, 0.2) is 0 Å². The molecule has 68 valence electrons. The lowest BCUT2D eigenvalue weighted by molar-refractivity contribution is 0.559. The van der Waals surface area contributed by atoms with E-state index in [9.17, 15) is 0 Å². The molecule has 0 radical (unpaired) electrons. The molecule has 0 spiro atoms. The summed E-state index contributed by atoms with van der Waals surface area (Å²) in [5.41, 5.74) is 2.45. The van der Waals surface area contributed by atoms with Crippen LogP contribution in [0.3, 0.4) is 0 Å². The Morgan fingerprint density at radius 2 is 1.85 bits per heavy atom. The summed E-state index contributed by atoms with van der Waals surface area (Å²) < 4.78 is 5.48. The van der Waals surface area contributed by atoms with Crippen LogP contribution in [0.5, 0.6) is 0 Å². The summed E-state index contributed by atoms with van der Waals surface area (Å²) in [6.07, 6.45) is 1.75. The molecule has 0 fully saturated rings. The van der Waals surface area contributed by atoms with E-state index in [4.69, 9.17) is 4.42 Å². The minimum absolute atomic E-state index is 0.150. The Balaban J connectivity index is 2.75. The second kappa shape index (κ2) is 2.63. The van der Waals surface area contributed by atoms with Gasteiger partial charge in [0.05, 0.1) is 6.26 Å². The number of hydrogen-bond donors (Lipinski definition) is 0. The quantitative estimate of drug-likeness (QED) is 0.593. The zero-order valence-corrected chi connectivity index (χ0v) is 8.29. The highest BCUT2D eigenvalue weighted by atomic mass is 16.3. The molecule has 1 aromatic carbocycles. The molecule has 1 heteroatoms. The molecule has 0 bridgehead atoms. The maximum Gasteiger partial charge on any atom is 0.137 e. The first-order chi connectivity index (χ1) is 6.09. The summed E-state index contributed by atoms with van der Waals surface area (Å²) in [6, 6.07) is 8.29. The maximum atomic E-state index is 5.48. The number of benzene rings is 1. The summed E-state index contributed by atoms with van der Waals surface area (Å²) in [7, 11) is 0. The van der Waals surface area contributed by atoms with Crippen LogP contribution in [0, 0.1) is 0 Å². The molecule has 2 aromatic rings. The van der Waals surface area contributed by atoms with Crippen molar-refractivity contribution in [1.29, 1.82) is 0 Å². The Kier molecular flexibility index (Phi) is 1.69. The molecule has 0 aliphatic heterocycles. The van der Waals surface area contributed by atoms with Crippen LogP contribution >= 0.6 is 0 Å². The van der Waals surface area contributed by atoms with Gasteiger partial charge in [0.1, 0.15) is 5.58 Å². The monoisotopic (exact) mass is 174 g/mol. The number of rotatable bonds is 0. The van der Waals surface area contributed by atoms with Crippen LogP contribution in [0.15, 0.2) is 34.9 Å². The Morgan fingerprint density at radius 3 is 2.54 bits per heavy atom. The molecular formula is C12H14O. The molecule has 0 N–H and O–H groups in total. The van der Waals surface area contributed by atoms with Crippen molar-refractivity contribution in [2.75, 3.05) is 0 Å². The minimum atomic E-state index is 0.150. The standard InChI is InChI=1S/C12H14O/c1-12(2,3)10-6-4-5-9-7-8-13-11(9)10/h4-8H,1-3H3. The number of fused-ring (bicyclic) bond motifs is 1. The van der Waals surface area contributed by atoms with Crippen molar-refractivity contribution in [2.45, 2.75) is 26.2 Å². The van der Waals surface area contributed by atoms with E-state index in [-0.39, 0.29) is 5.41 Å². The molecule has 0 aliphatic carbocycles. The minimum Gasteiger partial charge on any atom is -0.464 e. The highest BCUT2D eigenvalue weighted by Gasteiger charge is 2.17. The Labute approximate surface area is 78.4 Å². The van der Waals surface area contributed by atoms with E-state index >= 15 is 0 Å². The maximum absolute atomic E-state index is 5.48. The molecule has 0 atom stereocenters. The van der Waals surface area contributed by atoms with Gasteiger partial charge >= 0.3 is 0 Å². The second-order valence-corrected chi connectivity index (χ2v) is 4.39. The lowest BCUT2D eigenvalue weighted by Gasteiger charge is -2.18. The van der Waals surface area contributed by atoms with Crippen molar-refractivity contribution in [3.8, 4) is 0 Å². The summed E-state index contributed by atoms with van der Waals surface area (Å²) in [5, 5.41) is 1.19. The van der Waals surface area contributed by atoms with Gasteiger partial charge in [-0.2, -0.15) is 0 Å². The molecule has 0 amide bonds. The first-order valence-electron chi connectivity index (χ1n) is 4.56. The fourth-order valence-electron chi connectivity index (χ4n) is 1.58. The third kappa shape index (κ3) is 1.35. The van der Waals surface area contributed by atoms with Gasteiger partial charge in [0.2, 0.25) is 0 Å². The van der Waals surface area contributed by atoms with Crippen LogP contribution in [-0.2, 0) is 5.41 Å². The Bertz CT molecular complexity index is 418. The fraction of sp³-hybridized carbons (Fsp3) is 0.333. The van der Waals surface area contributed by atoms with E-state index < -0.39 is 0 Å². The zero-order valence-electron chi connectivity index (χ0n) is 8.29. The number of hydrogen-bond acceptors (Lipinski definition) is 1. The highest BCUT2D eigenvalue weighted by Crippen LogP contribution is 2.30. The van der Waals surface area contributed by atoms with Gasteiger partial charge in [-0.1, -0.05) is 39.0 Å². The largest absolute Gasteiger partial charge is 0.464 e. The summed E-state index contributed by atoms with van der Waals surface area (Å²) in [4.78, 5) is 0. The van der Waals surface area contributed by atoms with Crippen LogP contribution in [0.1, 0.15) is 26.3 Å². The van der Waals surface area contributed by atoms with E-state index in [1.54, 1.807) is 6.26 Å². The van der Waals surface area contributed by atoms with Crippen molar-refractivity contribution >= 4 is 11.0 Å². The fourth-order valence-corrected chi connectivity index (χ4v) is 1.58. The predicted octanol–water partition coefficient (Wildman–Crippen LogP) is 3.73. The topological polar surface area (TPSA) is 13.1 Å². The molecule has 1 nitrogen and oxygen atoms in total. The summed E-state index contributed by atoms with van der Waals surface area (Å²) in [5.74, 6) is 0. The van der Waals surface area contributed by atoms with Gasteiger partial charge in [-0.05, 0) is 11.5 Å². The molecule has 1 heterocycles. The predicted molar refractivity (Wildman–Crippen MR) is 54.9 cm³/mol. The second-order valence-electron chi connectivity index (χ2n) is 4.39. The summed E-state index contributed by atoms with van der Waals surface area (Å²) in [6.45, 7) is 6.60. The molecule has 0 unspecified atom stereocenters. The molecule has 2 rings (SSSR count). The van der Waals surface area contributed by atoms with Crippen molar-refractivity contribution in [1.82, 2.24) is 0 Å². The van der Waals surface area contributed by atoms with E-state index in [0.29, 0.717) is 0 Å². The van der Waals surface area contributed by atoms with Gasteiger partial charge in [-0.15, -0.1) is 0 Å². The molecule has 1 aromatic heterocycles. The van der Waals surface area contributed by atoms with E-state index in [1.165, 1.54) is 10.9 Å². The van der Waals surface area contributed by atoms with Gasteiger partial charge in [0.25, 0.3) is 0 Å². The molecule has 0 aliphatic rings. The number of furan rings is 1. The van der Waals surface area contributed by atoms with E-state index in [1.807, 2.05) is 6.07 Å². The molecule has 13 heavy (non-hydrogen) atoms. The Hall–Kier alpha value is -1.24. The number of para-hydroxylation sites is 1. The van der Waals surface area contributed by atoms with Crippen molar-refractivity contribution < 1.29 is 4.42 Å². The smallest absolute Gasteiger partial charge is 0.137 e. The van der Waals surface area contributed by atoms with Gasteiger partial charge < -0.3 is 4.42 Å². The molecule has 0 saturated carbocycles. The highest BCUT2D eigenvalue weighted by molar-refractivity contribution is 5.81. The van der Waals surface area contributed by atoms with Crippen LogP contribution in [0.4, 0.5) is 0 Å². The first kappa shape index (κ1) is 8.36. The van der Waals surface area contributed by atoms with E-state index in [2.05, 4.69) is 39.0 Å². The average molecular weight is 174 g/mol. The average Bonchev–Trinajstić information content (AvgIpc) is 2.48. The lowest BCUT2D eigenvalue weighted by atomic mass is 9.86. The van der Waals surface area contributed by atoms with Gasteiger partial charge in [-0.3, -0.25) is 0 Å². The van der Waals surface area contributed by atoms with Crippen molar-refractivity contribution in [3.05, 3.63) is 36.1 Å². The molecule has 0 saturated heterocycles. The summed E-state index contributed by atoms with van der Waals surface area (Å²) >= 11 is 0. The Morgan fingerprint density at radius 1 is 1.08 bits per heavy atom. The zero-order chi connectivity index (χ0) is 9.47. The molecular weight excluding hydrogens is 160 g/mol. The first-order valence-corrected chi connectivity index (χ1v) is 4.56. The van der Waals surface area contributed by atoms with Crippen LogP contribution in [0.25, 0.3) is 11.0 Å². The van der Waals surface area contributed by atoms with Crippen molar-refractivity contribution in [3.63, 3.8) is 0 Å². The van der Waals surface area contributed by atoms with Crippen LogP contribution in [-0.4, -0.2) is 0 Å². The van der Waals surface area contributed by atoms with E-state index in [0.717, 1.165) is 5.58 Å². The van der Waals surface area contributed by atoms with Crippen molar-refractivity contribution in [2.24, 2.45) is 0 Å². The van der Waals surface area contributed by atoms with Crippen LogP contribution < -0.4 is 0 Å². The lowest BCUT2D eigenvalue weighted by Crippen LogP contribution is -2.10. The third-order valence-electron chi connectivity index (χ3n) is 2.29.